The van der Waals surface area contributed by atoms with Crippen molar-refractivity contribution in [1.29, 1.82) is 0 Å². The Labute approximate surface area is 127 Å². The van der Waals surface area contributed by atoms with E-state index in [-0.39, 0.29) is 0 Å². The van der Waals surface area contributed by atoms with Crippen LogP contribution in [0.25, 0.3) is 11.1 Å². The van der Waals surface area contributed by atoms with Gasteiger partial charge in [0.05, 0.1) is 0 Å². The third kappa shape index (κ3) is 1.46. The lowest BCUT2D eigenvalue weighted by atomic mass is 9.59. The largest absolute Gasteiger partial charge is 0.0619 e. The molecule has 2 aromatic rings. The molecule has 1 spiro atoms. The van der Waals surface area contributed by atoms with E-state index in [4.69, 9.17) is 0 Å². The summed E-state index contributed by atoms with van der Waals surface area (Å²) < 4.78 is 0. The molecule has 3 saturated carbocycles. The van der Waals surface area contributed by atoms with Crippen molar-refractivity contribution in [2.24, 2.45) is 11.8 Å². The second-order valence-electron chi connectivity index (χ2n) is 7.34. The van der Waals surface area contributed by atoms with Crippen molar-refractivity contribution in [2.45, 2.75) is 43.9 Å². The first-order valence-electron chi connectivity index (χ1n) is 8.59. The Hall–Kier alpha value is -1.56. The van der Waals surface area contributed by atoms with Gasteiger partial charge >= 0.3 is 0 Å². The Balaban J connectivity index is 1.83. The average Bonchev–Trinajstić information content (AvgIpc) is 2.74. The van der Waals surface area contributed by atoms with Gasteiger partial charge in [0.15, 0.2) is 0 Å². The maximum absolute atomic E-state index is 2.43. The number of hydrogen-bond donors (Lipinski definition) is 0. The lowest BCUT2D eigenvalue weighted by Gasteiger charge is -2.44. The molecule has 106 valence electrons. The first-order valence-corrected chi connectivity index (χ1v) is 8.59. The Kier molecular flexibility index (Phi) is 2.42. The highest BCUT2D eigenvalue weighted by atomic mass is 14.5. The highest BCUT2D eigenvalue weighted by Crippen LogP contribution is 2.61. The van der Waals surface area contributed by atoms with Gasteiger partial charge in [-0.2, -0.15) is 0 Å². The molecule has 0 aliphatic heterocycles. The van der Waals surface area contributed by atoms with Crippen molar-refractivity contribution in [3.8, 4) is 11.1 Å². The number of rotatable bonds is 0. The van der Waals surface area contributed by atoms with Gasteiger partial charge in [0, 0.05) is 5.41 Å². The van der Waals surface area contributed by atoms with Crippen LogP contribution in [0, 0.1) is 11.8 Å². The molecule has 3 fully saturated rings. The van der Waals surface area contributed by atoms with Crippen molar-refractivity contribution < 1.29 is 0 Å². The molecule has 4 aliphatic carbocycles. The van der Waals surface area contributed by atoms with Crippen LogP contribution in [0.2, 0.25) is 0 Å². The second kappa shape index (κ2) is 4.22. The molecule has 0 nitrogen and oxygen atoms in total. The van der Waals surface area contributed by atoms with E-state index >= 15 is 0 Å². The molecule has 4 aliphatic rings. The van der Waals surface area contributed by atoms with Crippen LogP contribution in [0.5, 0.6) is 0 Å². The maximum atomic E-state index is 2.43. The summed E-state index contributed by atoms with van der Waals surface area (Å²) in [5, 5.41) is 0. The molecule has 0 heteroatoms. The van der Waals surface area contributed by atoms with Gasteiger partial charge in [0.25, 0.3) is 0 Å². The Bertz CT molecular complexity index is 647. The Morgan fingerprint density at radius 2 is 1.38 bits per heavy atom. The van der Waals surface area contributed by atoms with E-state index < -0.39 is 0 Å². The quantitative estimate of drug-likeness (QED) is 0.590. The topological polar surface area (TPSA) is 0 Å². The standard InChI is InChI=1S/C21H22/c1-3-10-19-17(8-1)18-9-2-4-11-20(18)21(19)14-15-6-5-7-16(21)13-12-15/h1-4,8-11,15-16H,5-7,12-14H2. The van der Waals surface area contributed by atoms with Crippen LogP contribution in [0.1, 0.15) is 49.7 Å². The van der Waals surface area contributed by atoms with Gasteiger partial charge in [0.2, 0.25) is 0 Å². The van der Waals surface area contributed by atoms with Gasteiger partial charge in [-0.15, -0.1) is 0 Å². The molecule has 0 amide bonds. The number of fused-ring (bicyclic) bond motifs is 6. The highest BCUT2D eigenvalue weighted by molar-refractivity contribution is 5.81. The van der Waals surface area contributed by atoms with Crippen LogP contribution in [0.3, 0.4) is 0 Å². The third-order valence-corrected chi connectivity index (χ3v) is 6.50. The number of hydrogen-bond acceptors (Lipinski definition) is 0. The molecule has 2 unspecified atom stereocenters. The van der Waals surface area contributed by atoms with Gasteiger partial charge in [0.1, 0.15) is 0 Å². The van der Waals surface area contributed by atoms with Crippen molar-refractivity contribution >= 4 is 0 Å². The fraction of sp³-hybridized carbons (Fsp3) is 0.429. The molecule has 0 radical (unpaired) electrons. The molecule has 21 heavy (non-hydrogen) atoms. The van der Waals surface area contributed by atoms with E-state index in [1.54, 1.807) is 11.1 Å². The van der Waals surface area contributed by atoms with Crippen LogP contribution >= 0.6 is 0 Å². The van der Waals surface area contributed by atoms with Gasteiger partial charge in [-0.25, -0.2) is 0 Å². The van der Waals surface area contributed by atoms with E-state index in [1.807, 2.05) is 0 Å². The molecular formula is C21H22. The van der Waals surface area contributed by atoms with Crippen LogP contribution in [0.15, 0.2) is 48.5 Å². The fourth-order valence-corrected chi connectivity index (χ4v) is 5.72. The summed E-state index contributed by atoms with van der Waals surface area (Å²) >= 11 is 0. The monoisotopic (exact) mass is 274 g/mol. The zero-order chi connectivity index (χ0) is 13.9. The van der Waals surface area contributed by atoms with Crippen LogP contribution in [-0.4, -0.2) is 0 Å². The molecule has 0 aromatic heterocycles. The number of benzene rings is 2. The van der Waals surface area contributed by atoms with Crippen LogP contribution in [0.4, 0.5) is 0 Å². The fourth-order valence-electron chi connectivity index (χ4n) is 5.72. The lowest BCUT2D eigenvalue weighted by Crippen LogP contribution is -2.38. The molecular weight excluding hydrogens is 252 g/mol. The summed E-state index contributed by atoms with van der Waals surface area (Å²) in [5.41, 5.74) is 6.65. The molecule has 0 N–H and O–H groups in total. The predicted octanol–water partition coefficient (Wildman–Crippen LogP) is 5.55. The summed E-state index contributed by atoms with van der Waals surface area (Å²) in [6.07, 6.45) is 8.64. The van der Waals surface area contributed by atoms with E-state index in [0.717, 1.165) is 11.8 Å². The molecule has 2 bridgehead atoms. The maximum Gasteiger partial charge on any atom is 0.0246 e. The van der Waals surface area contributed by atoms with Crippen LogP contribution in [-0.2, 0) is 5.41 Å². The first kappa shape index (κ1) is 12.0. The van der Waals surface area contributed by atoms with Crippen molar-refractivity contribution in [3.63, 3.8) is 0 Å². The Morgan fingerprint density at radius 3 is 2.10 bits per heavy atom. The lowest BCUT2D eigenvalue weighted by molar-refractivity contribution is 0.197. The Morgan fingerprint density at radius 1 is 0.714 bits per heavy atom. The molecule has 2 atom stereocenters. The summed E-state index contributed by atoms with van der Waals surface area (Å²) in [5.74, 6) is 1.81. The molecule has 2 aromatic carbocycles. The molecule has 0 heterocycles. The van der Waals surface area contributed by atoms with Gasteiger partial charge in [-0.05, 0) is 53.4 Å². The summed E-state index contributed by atoms with van der Waals surface area (Å²) in [6.45, 7) is 0. The minimum Gasteiger partial charge on any atom is -0.0619 e. The smallest absolute Gasteiger partial charge is 0.0246 e. The molecule has 6 rings (SSSR count). The van der Waals surface area contributed by atoms with E-state index in [0.29, 0.717) is 5.41 Å². The van der Waals surface area contributed by atoms with Crippen molar-refractivity contribution in [1.82, 2.24) is 0 Å². The SMILES string of the molecule is c1ccc2c(c1)-c1ccccc1C21CC2CCCC1CC2. The first-order chi connectivity index (χ1) is 10.4. The molecule has 0 saturated heterocycles. The predicted molar refractivity (Wildman–Crippen MR) is 87.3 cm³/mol. The minimum atomic E-state index is 0.340. The van der Waals surface area contributed by atoms with Crippen LogP contribution < -0.4 is 0 Å². The van der Waals surface area contributed by atoms with Crippen molar-refractivity contribution in [3.05, 3.63) is 59.7 Å². The zero-order valence-electron chi connectivity index (χ0n) is 12.5. The summed E-state index contributed by atoms with van der Waals surface area (Å²) in [7, 11) is 0. The highest BCUT2D eigenvalue weighted by Gasteiger charge is 2.52. The van der Waals surface area contributed by atoms with Gasteiger partial charge in [-0.1, -0.05) is 67.8 Å². The third-order valence-electron chi connectivity index (χ3n) is 6.50. The van der Waals surface area contributed by atoms with E-state index in [1.165, 1.54) is 49.7 Å². The second-order valence-corrected chi connectivity index (χ2v) is 7.34. The minimum absolute atomic E-state index is 0.340. The van der Waals surface area contributed by atoms with Crippen molar-refractivity contribution in [2.75, 3.05) is 0 Å². The van der Waals surface area contributed by atoms with Gasteiger partial charge < -0.3 is 0 Å². The van der Waals surface area contributed by atoms with E-state index in [9.17, 15) is 0 Å². The van der Waals surface area contributed by atoms with Gasteiger partial charge in [-0.3, -0.25) is 0 Å². The summed E-state index contributed by atoms with van der Waals surface area (Å²) in [4.78, 5) is 0. The summed E-state index contributed by atoms with van der Waals surface area (Å²) in [6, 6.07) is 18.5. The van der Waals surface area contributed by atoms with E-state index in [2.05, 4.69) is 48.5 Å². The normalized spacial score (nSPS) is 28.2. The average molecular weight is 274 g/mol. The zero-order valence-corrected chi connectivity index (χ0v) is 12.5.